The van der Waals surface area contributed by atoms with Gasteiger partial charge in [0.05, 0.1) is 0 Å². The van der Waals surface area contributed by atoms with Gasteiger partial charge in [0.25, 0.3) is 0 Å². The van der Waals surface area contributed by atoms with Crippen LogP contribution < -0.4 is 0 Å². The van der Waals surface area contributed by atoms with Gasteiger partial charge in [-0.2, -0.15) is 0 Å². The first kappa shape index (κ1) is 11.2. The van der Waals surface area contributed by atoms with Crippen LogP contribution >= 0.6 is 22.6 Å². The van der Waals surface area contributed by atoms with Gasteiger partial charge in [-0.1, -0.05) is 50.3 Å². The van der Waals surface area contributed by atoms with Crippen LogP contribution in [-0.2, 0) is 4.79 Å². The van der Waals surface area contributed by atoms with Gasteiger partial charge in [0.15, 0.2) is 0 Å². The van der Waals surface area contributed by atoms with Crippen molar-refractivity contribution in [3.05, 3.63) is 0 Å². The number of hydrogen-bond donors (Lipinski definition) is 1. The maximum atomic E-state index is 10.9. The predicted molar refractivity (Wildman–Crippen MR) is 54.1 cm³/mol. The molecule has 0 heterocycles. The van der Waals surface area contributed by atoms with Crippen LogP contribution in [-0.4, -0.2) is 14.5 Å². The fourth-order valence-corrected chi connectivity index (χ4v) is 1.16. The van der Waals surface area contributed by atoms with Gasteiger partial charge < -0.3 is 5.11 Å². The number of carboxylic acid groups (broad SMARTS) is 1. The monoisotopic (exact) mass is 270 g/mol. The van der Waals surface area contributed by atoms with Crippen molar-refractivity contribution in [3.8, 4) is 0 Å². The van der Waals surface area contributed by atoms with E-state index in [0.29, 0.717) is 0 Å². The van der Waals surface area contributed by atoms with Gasteiger partial charge >= 0.3 is 5.97 Å². The molecule has 0 unspecified atom stereocenters. The standard InChI is InChI=1S/C8H15IO2/c1-5(2)8(9,6(3)4)7(10)11/h5-6H,1-4H3,(H,10,11). The van der Waals surface area contributed by atoms with E-state index in [1.54, 1.807) is 0 Å². The molecule has 0 amide bonds. The maximum absolute atomic E-state index is 10.9. The quantitative estimate of drug-likeness (QED) is 0.632. The van der Waals surface area contributed by atoms with Crippen LogP contribution in [0, 0.1) is 11.8 Å². The first-order valence-corrected chi connectivity index (χ1v) is 4.83. The Hall–Kier alpha value is 0.200. The average molecular weight is 270 g/mol. The number of carbonyl (C=O) groups is 1. The Balaban J connectivity index is 4.67. The van der Waals surface area contributed by atoms with Crippen LogP contribution in [0.3, 0.4) is 0 Å². The van der Waals surface area contributed by atoms with E-state index in [1.165, 1.54) is 0 Å². The molecule has 0 bridgehead atoms. The molecule has 0 aromatic carbocycles. The number of rotatable bonds is 3. The molecule has 0 aromatic heterocycles. The van der Waals surface area contributed by atoms with Gasteiger partial charge in [0.1, 0.15) is 3.42 Å². The fourth-order valence-electron chi connectivity index (χ4n) is 1.16. The third kappa shape index (κ3) is 2.07. The van der Waals surface area contributed by atoms with Crippen LogP contribution in [0.1, 0.15) is 27.7 Å². The van der Waals surface area contributed by atoms with Gasteiger partial charge in [0, 0.05) is 0 Å². The lowest BCUT2D eigenvalue weighted by atomic mass is 9.86. The molecule has 0 saturated carbocycles. The molecule has 11 heavy (non-hydrogen) atoms. The maximum Gasteiger partial charge on any atom is 0.320 e. The number of carboxylic acids is 1. The van der Waals surface area contributed by atoms with Gasteiger partial charge in [-0.05, 0) is 11.8 Å². The van der Waals surface area contributed by atoms with Crippen molar-refractivity contribution >= 4 is 28.6 Å². The second-order valence-electron chi connectivity index (χ2n) is 3.38. The minimum absolute atomic E-state index is 0.167. The Bertz CT molecular complexity index is 144. The Morgan fingerprint density at radius 1 is 1.27 bits per heavy atom. The summed E-state index contributed by atoms with van der Waals surface area (Å²) in [5.74, 6) is -0.371. The lowest BCUT2D eigenvalue weighted by Crippen LogP contribution is -2.42. The normalized spacial score (nSPS) is 12.6. The Kier molecular flexibility index (Phi) is 3.80. The van der Waals surface area contributed by atoms with E-state index in [-0.39, 0.29) is 11.8 Å². The molecule has 0 atom stereocenters. The van der Waals surface area contributed by atoms with Gasteiger partial charge in [-0.15, -0.1) is 0 Å². The van der Waals surface area contributed by atoms with Crippen molar-refractivity contribution in [3.63, 3.8) is 0 Å². The highest BCUT2D eigenvalue weighted by molar-refractivity contribution is 14.1. The minimum atomic E-state index is -0.705. The summed E-state index contributed by atoms with van der Waals surface area (Å²) in [4.78, 5) is 10.9. The average Bonchev–Trinajstić information content (AvgIpc) is 1.84. The smallest absolute Gasteiger partial charge is 0.320 e. The van der Waals surface area contributed by atoms with Crippen LogP contribution in [0.4, 0.5) is 0 Å². The fraction of sp³-hybridized carbons (Fsp3) is 0.875. The molecule has 0 aliphatic heterocycles. The largest absolute Gasteiger partial charge is 0.480 e. The molecule has 0 radical (unpaired) electrons. The highest BCUT2D eigenvalue weighted by Crippen LogP contribution is 2.36. The number of alkyl halides is 1. The molecule has 0 aliphatic carbocycles. The summed E-state index contributed by atoms with van der Waals surface area (Å²) in [6, 6.07) is 0. The van der Waals surface area contributed by atoms with Crippen molar-refractivity contribution in [1.82, 2.24) is 0 Å². The molecule has 66 valence electrons. The van der Waals surface area contributed by atoms with E-state index >= 15 is 0 Å². The van der Waals surface area contributed by atoms with Crippen LogP contribution in [0.2, 0.25) is 0 Å². The number of halogens is 1. The lowest BCUT2D eigenvalue weighted by molar-refractivity contribution is -0.141. The molecule has 0 rings (SSSR count). The Labute approximate surface area is 81.5 Å². The van der Waals surface area contributed by atoms with Crippen LogP contribution in [0.5, 0.6) is 0 Å². The summed E-state index contributed by atoms with van der Waals surface area (Å²) in [6.45, 7) is 7.78. The van der Waals surface area contributed by atoms with E-state index in [2.05, 4.69) is 0 Å². The third-order valence-electron chi connectivity index (χ3n) is 2.01. The van der Waals surface area contributed by atoms with Crippen molar-refractivity contribution in [2.24, 2.45) is 11.8 Å². The minimum Gasteiger partial charge on any atom is -0.480 e. The van der Waals surface area contributed by atoms with E-state index in [4.69, 9.17) is 5.11 Å². The third-order valence-corrected chi connectivity index (χ3v) is 4.96. The molecule has 2 nitrogen and oxygen atoms in total. The summed E-state index contributed by atoms with van der Waals surface area (Å²) in [5, 5.41) is 8.97. The second-order valence-corrected chi connectivity index (χ2v) is 5.17. The number of hydrogen-bond acceptors (Lipinski definition) is 1. The van der Waals surface area contributed by atoms with Gasteiger partial charge in [-0.3, -0.25) is 4.79 Å². The van der Waals surface area contributed by atoms with E-state index < -0.39 is 9.39 Å². The summed E-state index contributed by atoms with van der Waals surface area (Å²) < 4.78 is -0.613. The van der Waals surface area contributed by atoms with E-state index in [1.807, 2.05) is 50.3 Å². The summed E-state index contributed by atoms with van der Waals surface area (Å²) in [5.41, 5.74) is 0. The lowest BCUT2D eigenvalue weighted by Gasteiger charge is -2.30. The zero-order valence-electron chi connectivity index (χ0n) is 7.39. The molecular formula is C8H15IO2. The molecule has 0 aliphatic rings. The van der Waals surface area contributed by atoms with Gasteiger partial charge in [-0.25, -0.2) is 0 Å². The first-order valence-electron chi connectivity index (χ1n) is 3.75. The van der Waals surface area contributed by atoms with Crippen LogP contribution in [0.25, 0.3) is 0 Å². The Morgan fingerprint density at radius 3 is 1.55 bits per heavy atom. The molecule has 0 fully saturated rings. The zero-order chi connectivity index (χ0) is 9.23. The molecule has 0 saturated heterocycles. The van der Waals surface area contributed by atoms with Crippen LogP contribution in [0.15, 0.2) is 0 Å². The van der Waals surface area contributed by atoms with Crippen molar-refractivity contribution < 1.29 is 9.90 Å². The zero-order valence-corrected chi connectivity index (χ0v) is 9.55. The summed E-state index contributed by atoms with van der Waals surface area (Å²) in [6.07, 6.45) is 0. The predicted octanol–water partition coefficient (Wildman–Crippen LogP) is 2.56. The molecule has 0 spiro atoms. The van der Waals surface area contributed by atoms with Crippen molar-refractivity contribution in [1.29, 1.82) is 0 Å². The highest BCUT2D eigenvalue weighted by Gasteiger charge is 2.41. The first-order chi connectivity index (χ1) is 4.83. The van der Waals surface area contributed by atoms with E-state index in [0.717, 1.165) is 0 Å². The highest BCUT2D eigenvalue weighted by atomic mass is 127. The summed E-state index contributed by atoms with van der Waals surface area (Å²) >= 11 is 2.05. The summed E-state index contributed by atoms with van der Waals surface area (Å²) in [7, 11) is 0. The van der Waals surface area contributed by atoms with Crippen molar-refractivity contribution in [2.45, 2.75) is 31.1 Å². The Morgan fingerprint density at radius 2 is 1.55 bits per heavy atom. The topological polar surface area (TPSA) is 37.3 Å². The SMILES string of the molecule is CC(C)C(I)(C(=O)O)C(C)C. The second kappa shape index (κ2) is 3.74. The van der Waals surface area contributed by atoms with Gasteiger partial charge in [0.2, 0.25) is 0 Å². The molecular weight excluding hydrogens is 255 g/mol. The number of aliphatic carboxylic acids is 1. The molecule has 1 N–H and O–H groups in total. The molecule has 0 aromatic rings. The van der Waals surface area contributed by atoms with Crippen molar-refractivity contribution in [2.75, 3.05) is 0 Å². The van der Waals surface area contributed by atoms with E-state index in [9.17, 15) is 4.79 Å². The molecule has 3 heteroatoms.